The molecule has 0 heterocycles. The van der Waals surface area contributed by atoms with Crippen LogP contribution in [0.2, 0.25) is 0 Å². The molecule has 1 fully saturated rings. The number of nitrogen functional groups attached to an aromatic ring is 1. The molecular weight excluding hydrogens is 240 g/mol. The number of carbonyl (C=O) groups excluding carboxylic acids is 1. The summed E-state index contributed by atoms with van der Waals surface area (Å²) in [6, 6.07) is 5.44. The summed E-state index contributed by atoms with van der Waals surface area (Å²) in [6.07, 6.45) is 4.60. The smallest absolute Gasteiger partial charge is 0.251 e. The number of methoxy groups -OCH3 is 1. The van der Waals surface area contributed by atoms with Gasteiger partial charge in [-0.1, -0.05) is 19.8 Å². The van der Waals surface area contributed by atoms with Crippen molar-refractivity contribution in [2.75, 3.05) is 12.8 Å². The monoisotopic (exact) mass is 262 g/mol. The van der Waals surface area contributed by atoms with Gasteiger partial charge in [0.15, 0.2) is 0 Å². The molecule has 0 spiro atoms. The van der Waals surface area contributed by atoms with Gasteiger partial charge in [-0.25, -0.2) is 0 Å². The van der Waals surface area contributed by atoms with Gasteiger partial charge in [0.05, 0.1) is 12.8 Å². The predicted octanol–water partition coefficient (Wildman–Crippen LogP) is 2.59. The zero-order valence-electron chi connectivity index (χ0n) is 11.6. The number of anilines is 1. The van der Waals surface area contributed by atoms with E-state index in [1.807, 2.05) is 0 Å². The Bertz CT molecular complexity index is 459. The zero-order valence-corrected chi connectivity index (χ0v) is 11.6. The molecule has 19 heavy (non-hydrogen) atoms. The second kappa shape index (κ2) is 5.95. The summed E-state index contributed by atoms with van der Waals surface area (Å²) in [5.41, 5.74) is 6.91. The average Bonchev–Trinajstić information content (AvgIpc) is 2.38. The zero-order chi connectivity index (χ0) is 13.8. The Morgan fingerprint density at radius 1 is 1.42 bits per heavy atom. The van der Waals surface area contributed by atoms with Gasteiger partial charge in [0.1, 0.15) is 5.75 Å². The Hall–Kier alpha value is -1.71. The first-order chi connectivity index (χ1) is 9.10. The second-order valence-electron chi connectivity index (χ2n) is 5.40. The summed E-state index contributed by atoms with van der Waals surface area (Å²) >= 11 is 0. The van der Waals surface area contributed by atoms with Crippen molar-refractivity contribution in [2.45, 2.75) is 38.6 Å². The van der Waals surface area contributed by atoms with Crippen LogP contribution in [-0.4, -0.2) is 19.1 Å². The van der Waals surface area contributed by atoms with E-state index < -0.39 is 0 Å². The number of rotatable bonds is 3. The van der Waals surface area contributed by atoms with Crippen molar-refractivity contribution in [1.29, 1.82) is 0 Å². The fourth-order valence-electron chi connectivity index (χ4n) is 2.71. The van der Waals surface area contributed by atoms with Crippen LogP contribution in [0, 0.1) is 5.92 Å². The fourth-order valence-corrected chi connectivity index (χ4v) is 2.71. The third-order valence-electron chi connectivity index (χ3n) is 3.76. The van der Waals surface area contributed by atoms with Gasteiger partial charge in [0.2, 0.25) is 0 Å². The third-order valence-corrected chi connectivity index (χ3v) is 3.76. The minimum absolute atomic E-state index is 0.0477. The molecule has 1 aromatic carbocycles. The lowest BCUT2D eigenvalue weighted by molar-refractivity contribution is 0.0921. The maximum Gasteiger partial charge on any atom is 0.251 e. The quantitative estimate of drug-likeness (QED) is 0.823. The number of nitrogens with one attached hydrogen (secondary N) is 1. The van der Waals surface area contributed by atoms with Crippen LogP contribution >= 0.6 is 0 Å². The molecule has 0 aromatic heterocycles. The summed E-state index contributed by atoms with van der Waals surface area (Å²) in [5.74, 6) is 1.25. The molecule has 0 unspecified atom stereocenters. The van der Waals surface area contributed by atoms with E-state index in [1.165, 1.54) is 12.8 Å². The van der Waals surface area contributed by atoms with Crippen LogP contribution in [0.15, 0.2) is 18.2 Å². The lowest BCUT2D eigenvalue weighted by Crippen LogP contribution is -2.37. The number of carbonyl (C=O) groups is 1. The maximum atomic E-state index is 12.2. The molecule has 0 radical (unpaired) electrons. The lowest BCUT2D eigenvalue weighted by atomic mass is 9.87. The molecule has 4 heteroatoms. The summed E-state index contributed by atoms with van der Waals surface area (Å²) < 4.78 is 5.09. The number of benzene rings is 1. The first-order valence-corrected chi connectivity index (χ1v) is 6.84. The number of hydrogen-bond donors (Lipinski definition) is 2. The van der Waals surface area contributed by atoms with Gasteiger partial charge in [-0.3, -0.25) is 4.79 Å². The van der Waals surface area contributed by atoms with E-state index in [4.69, 9.17) is 10.5 Å². The van der Waals surface area contributed by atoms with E-state index >= 15 is 0 Å². The molecule has 4 nitrogen and oxygen atoms in total. The van der Waals surface area contributed by atoms with Crippen LogP contribution in [0.3, 0.4) is 0 Å². The van der Waals surface area contributed by atoms with Crippen LogP contribution in [0.25, 0.3) is 0 Å². The topological polar surface area (TPSA) is 64.3 Å². The molecule has 1 amide bonds. The van der Waals surface area contributed by atoms with Crippen LogP contribution in [-0.2, 0) is 0 Å². The van der Waals surface area contributed by atoms with E-state index in [2.05, 4.69) is 12.2 Å². The number of amides is 1. The third kappa shape index (κ3) is 3.40. The highest BCUT2D eigenvalue weighted by atomic mass is 16.5. The van der Waals surface area contributed by atoms with E-state index in [0.29, 0.717) is 29.0 Å². The predicted molar refractivity (Wildman–Crippen MR) is 76.3 cm³/mol. The molecule has 1 saturated carbocycles. The second-order valence-corrected chi connectivity index (χ2v) is 5.40. The Labute approximate surface area is 114 Å². The van der Waals surface area contributed by atoms with Gasteiger partial charge >= 0.3 is 0 Å². The lowest BCUT2D eigenvalue weighted by Gasteiger charge is -2.27. The minimum atomic E-state index is -0.0477. The van der Waals surface area contributed by atoms with Crippen LogP contribution < -0.4 is 15.8 Å². The van der Waals surface area contributed by atoms with Crippen LogP contribution in [0.5, 0.6) is 5.75 Å². The molecular formula is C15H22N2O2. The minimum Gasteiger partial charge on any atom is -0.495 e. The molecule has 1 aliphatic carbocycles. The van der Waals surface area contributed by atoms with Gasteiger partial charge in [-0.15, -0.1) is 0 Å². The largest absolute Gasteiger partial charge is 0.495 e. The van der Waals surface area contributed by atoms with Crippen molar-refractivity contribution in [3.8, 4) is 5.75 Å². The molecule has 1 aromatic rings. The van der Waals surface area contributed by atoms with Gasteiger partial charge in [-0.05, 0) is 37.0 Å². The van der Waals surface area contributed by atoms with Crippen molar-refractivity contribution >= 4 is 11.6 Å². The summed E-state index contributed by atoms with van der Waals surface area (Å²) in [4.78, 5) is 12.2. The SMILES string of the molecule is COc1ccc(C(=O)N[C@H]2CCC[C@@H](C)C2)cc1N. The van der Waals surface area contributed by atoms with Crippen molar-refractivity contribution in [2.24, 2.45) is 5.92 Å². The van der Waals surface area contributed by atoms with E-state index in [0.717, 1.165) is 12.8 Å². The number of nitrogens with two attached hydrogens (primary N) is 1. The molecule has 1 aliphatic rings. The Kier molecular flexibility index (Phi) is 4.30. The molecule has 0 saturated heterocycles. The Balaban J connectivity index is 2.01. The Morgan fingerprint density at radius 2 is 2.21 bits per heavy atom. The standard InChI is InChI=1S/C15H22N2O2/c1-10-4-3-5-12(8-10)17-15(18)11-6-7-14(19-2)13(16)9-11/h6-7,9-10,12H,3-5,8,16H2,1-2H3,(H,17,18)/t10-,12+/m1/s1. The Morgan fingerprint density at radius 3 is 2.84 bits per heavy atom. The average molecular weight is 262 g/mol. The van der Waals surface area contributed by atoms with Crippen LogP contribution in [0.1, 0.15) is 43.0 Å². The van der Waals surface area contributed by atoms with Crippen molar-refractivity contribution in [3.63, 3.8) is 0 Å². The molecule has 0 aliphatic heterocycles. The van der Waals surface area contributed by atoms with Gasteiger partial charge < -0.3 is 15.8 Å². The molecule has 104 valence electrons. The summed E-state index contributed by atoms with van der Waals surface area (Å²) in [6.45, 7) is 2.24. The van der Waals surface area contributed by atoms with E-state index in [-0.39, 0.29) is 5.91 Å². The van der Waals surface area contributed by atoms with Gasteiger partial charge in [-0.2, -0.15) is 0 Å². The van der Waals surface area contributed by atoms with Crippen LogP contribution in [0.4, 0.5) is 5.69 Å². The highest BCUT2D eigenvalue weighted by Crippen LogP contribution is 2.25. The van der Waals surface area contributed by atoms with Gasteiger partial charge in [0.25, 0.3) is 5.91 Å². The summed E-state index contributed by atoms with van der Waals surface area (Å²) in [7, 11) is 1.56. The van der Waals surface area contributed by atoms with Gasteiger partial charge in [0, 0.05) is 11.6 Å². The number of hydrogen-bond acceptors (Lipinski definition) is 3. The van der Waals surface area contributed by atoms with Crippen molar-refractivity contribution in [3.05, 3.63) is 23.8 Å². The molecule has 2 atom stereocenters. The fraction of sp³-hybridized carbons (Fsp3) is 0.533. The normalized spacial score (nSPS) is 22.8. The number of ether oxygens (including phenoxy) is 1. The first kappa shape index (κ1) is 13.7. The first-order valence-electron chi connectivity index (χ1n) is 6.84. The molecule has 2 rings (SSSR count). The molecule has 3 N–H and O–H groups in total. The highest BCUT2D eigenvalue weighted by Gasteiger charge is 2.21. The van der Waals surface area contributed by atoms with Crippen molar-refractivity contribution < 1.29 is 9.53 Å². The summed E-state index contributed by atoms with van der Waals surface area (Å²) in [5, 5.41) is 3.09. The van der Waals surface area contributed by atoms with Crippen molar-refractivity contribution in [1.82, 2.24) is 5.32 Å². The van der Waals surface area contributed by atoms with E-state index in [1.54, 1.807) is 25.3 Å². The van der Waals surface area contributed by atoms with E-state index in [9.17, 15) is 4.79 Å². The maximum absolute atomic E-state index is 12.2. The highest BCUT2D eigenvalue weighted by molar-refractivity contribution is 5.95. The molecule has 0 bridgehead atoms.